The molecule has 0 bridgehead atoms. The van der Waals surface area contributed by atoms with Crippen LogP contribution in [0.1, 0.15) is 24.2 Å². The van der Waals surface area contributed by atoms with Crippen LogP contribution in [0.3, 0.4) is 0 Å². The molecule has 160 valence electrons. The van der Waals surface area contributed by atoms with Gasteiger partial charge in [-0.15, -0.1) is 0 Å². The lowest BCUT2D eigenvalue weighted by Gasteiger charge is -2.27. The maximum absolute atomic E-state index is 12.9. The summed E-state index contributed by atoms with van der Waals surface area (Å²) in [5, 5.41) is 6.43. The van der Waals surface area contributed by atoms with Gasteiger partial charge in [-0.2, -0.15) is 0 Å². The molecule has 30 heavy (non-hydrogen) atoms. The predicted molar refractivity (Wildman–Crippen MR) is 120 cm³/mol. The Hall–Kier alpha value is -2.28. The number of nitrogens with zero attached hydrogens (tertiary/aromatic N) is 1. The highest BCUT2D eigenvalue weighted by Gasteiger charge is 2.28. The third-order valence-electron chi connectivity index (χ3n) is 4.31. The van der Waals surface area contributed by atoms with E-state index in [2.05, 4.69) is 10.6 Å². The number of carbonyl (C=O) groups excluding carboxylic acids is 3. The van der Waals surface area contributed by atoms with E-state index in [0.29, 0.717) is 20.6 Å². The molecule has 0 fully saturated rings. The number of rotatable bonds is 7. The van der Waals surface area contributed by atoms with Crippen molar-refractivity contribution in [2.45, 2.75) is 19.9 Å². The number of hydrogen-bond acceptors (Lipinski definition) is 3. The van der Waals surface area contributed by atoms with Crippen LogP contribution < -0.4 is 10.6 Å². The number of likely N-dealkylation sites (N-methyl/N-ethyl adjacent to an activating group) is 1. The van der Waals surface area contributed by atoms with Crippen molar-refractivity contribution in [3.8, 4) is 0 Å². The summed E-state index contributed by atoms with van der Waals surface area (Å²) in [6.07, 6.45) is 0. The largest absolute Gasteiger partial charge is 0.340 e. The van der Waals surface area contributed by atoms with Gasteiger partial charge in [0.2, 0.25) is 11.8 Å². The van der Waals surface area contributed by atoms with Gasteiger partial charge in [0.15, 0.2) is 0 Å². The number of amides is 3. The Morgan fingerprint density at radius 2 is 1.53 bits per heavy atom. The quantitative estimate of drug-likeness (QED) is 0.625. The first-order chi connectivity index (χ1) is 14.1. The lowest BCUT2D eigenvalue weighted by atomic mass is 10.0. The zero-order chi connectivity index (χ0) is 22.4. The van der Waals surface area contributed by atoms with E-state index in [4.69, 9.17) is 34.8 Å². The Morgan fingerprint density at radius 1 is 0.967 bits per heavy atom. The van der Waals surface area contributed by atoms with Crippen molar-refractivity contribution in [2.24, 2.45) is 5.92 Å². The summed E-state index contributed by atoms with van der Waals surface area (Å²) < 4.78 is 0. The maximum Gasteiger partial charge on any atom is 0.251 e. The second-order valence-electron chi connectivity index (χ2n) is 7.04. The monoisotopic (exact) mass is 469 g/mol. The van der Waals surface area contributed by atoms with Gasteiger partial charge in [-0.05, 0) is 42.3 Å². The molecule has 0 spiro atoms. The van der Waals surface area contributed by atoms with E-state index >= 15 is 0 Å². The molecule has 0 saturated carbocycles. The fraction of sp³-hybridized carbons (Fsp3) is 0.286. The van der Waals surface area contributed by atoms with E-state index in [1.165, 1.54) is 11.9 Å². The van der Waals surface area contributed by atoms with E-state index in [9.17, 15) is 14.4 Å². The van der Waals surface area contributed by atoms with E-state index in [-0.39, 0.29) is 18.2 Å². The van der Waals surface area contributed by atoms with Crippen molar-refractivity contribution in [3.63, 3.8) is 0 Å². The molecule has 0 aliphatic heterocycles. The molecule has 0 saturated heterocycles. The molecule has 9 heteroatoms. The van der Waals surface area contributed by atoms with Crippen LogP contribution in [0.5, 0.6) is 0 Å². The van der Waals surface area contributed by atoms with Crippen LogP contribution in [0.15, 0.2) is 42.5 Å². The zero-order valence-electron chi connectivity index (χ0n) is 16.7. The highest BCUT2D eigenvalue weighted by atomic mass is 35.5. The fourth-order valence-corrected chi connectivity index (χ4v) is 3.28. The molecule has 2 N–H and O–H groups in total. The van der Waals surface area contributed by atoms with Crippen LogP contribution in [0.4, 0.5) is 5.69 Å². The predicted octanol–water partition coefficient (Wildman–Crippen LogP) is 4.50. The molecule has 3 amide bonds. The Bertz CT molecular complexity index is 913. The molecule has 0 aromatic heterocycles. The summed E-state index contributed by atoms with van der Waals surface area (Å²) in [6, 6.07) is 10.4. The summed E-state index contributed by atoms with van der Waals surface area (Å²) in [5.41, 5.74) is 0.662. The first kappa shape index (κ1) is 24.0. The number of nitrogens with one attached hydrogen (secondary N) is 2. The summed E-state index contributed by atoms with van der Waals surface area (Å²) in [6.45, 7) is 3.38. The number of carbonyl (C=O) groups is 3. The Morgan fingerprint density at radius 3 is 2.07 bits per heavy atom. The van der Waals surface area contributed by atoms with Gasteiger partial charge in [0.25, 0.3) is 5.91 Å². The molecule has 2 aromatic carbocycles. The molecule has 0 aliphatic carbocycles. The van der Waals surface area contributed by atoms with Crippen molar-refractivity contribution in [2.75, 3.05) is 18.9 Å². The van der Waals surface area contributed by atoms with Gasteiger partial charge < -0.3 is 15.5 Å². The van der Waals surface area contributed by atoms with Crippen molar-refractivity contribution in [1.82, 2.24) is 10.2 Å². The smallest absolute Gasteiger partial charge is 0.251 e. The maximum atomic E-state index is 12.9. The minimum absolute atomic E-state index is 0.197. The first-order valence-corrected chi connectivity index (χ1v) is 10.3. The molecule has 0 radical (unpaired) electrons. The normalized spacial score (nSPS) is 11.7. The Balaban J connectivity index is 2.04. The second-order valence-corrected chi connectivity index (χ2v) is 8.29. The number of anilines is 1. The first-order valence-electron chi connectivity index (χ1n) is 9.15. The van der Waals surface area contributed by atoms with Crippen molar-refractivity contribution >= 4 is 58.2 Å². The fourth-order valence-electron chi connectivity index (χ4n) is 2.67. The van der Waals surface area contributed by atoms with Gasteiger partial charge in [0.1, 0.15) is 6.04 Å². The van der Waals surface area contributed by atoms with Gasteiger partial charge >= 0.3 is 0 Å². The molecule has 6 nitrogen and oxygen atoms in total. The van der Waals surface area contributed by atoms with Crippen molar-refractivity contribution < 1.29 is 14.4 Å². The lowest BCUT2D eigenvalue weighted by Crippen LogP contribution is -2.51. The number of hydrogen-bond donors (Lipinski definition) is 2. The van der Waals surface area contributed by atoms with E-state index in [1.54, 1.807) is 42.5 Å². The van der Waals surface area contributed by atoms with Gasteiger partial charge in [-0.1, -0.05) is 54.7 Å². The molecule has 0 heterocycles. The Labute approximate surface area is 190 Å². The average molecular weight is 471 g/mol. The SMILES string of the molecule is CC(C)C(NC(=O)c1ccc(Cl)cc1)C(=O)N(C)CC(=O)Nc1c(Cl)cccc1Cl. The summed E-state index contributed by atoms with van der Waals surface area (Å²) >= 11 is 18.0. The second kappa shape index (κ2) is 10.7. The number of halogens is 3. The zero-order valence-corrected chi connectivity index (χ0v) is 19.0. The molecule has 2 rings (SSSR count). The van der Waals surface area contributed by atoms with Crippen LogP contribution >= 0.6 is 34.8 Å². The Kier molecular flexibility index (Phi) is 8.53. The molecular formula is C21H22Cl3N3O3. The molecule has 1 unspecified atom stereocenters. The van der Waals surface area contributed by atoms with Crippen LogP contribution in [0, 0.1) is 5.92 Å². The van der Waals surface area contributed by atoms with Gasteiger partial charge in [-0.25, -0.2) is 0 Å². The van der Waals surface area contributed by atoms with Gasteiger partial charge in [0, 0.05) is 17.6 Å². The molecular weight excluding hydrogens is 449 g/mol. The highest BCUT2D eigenvalue weighted by Crippen LogP contribution is 2.29. The van der Waals surface area contributed by atoms with Crippen LogP contribution in [-0.4, -0.2) is 42.3 Å². The van der Waals surface area contributed by atoms with Gasteiger partial charge in [0.05, 0.1) is 22.3 Å². The van der Waals surface area contributed by atoms with Crippen LogP contribution in [0.25, 0.3) is 0 Å². The minimum atomic E-state index is -0.810. The average Bonchev–Trinajstić information content (AvgIpc) is 2.68. The molecule has 0 aliphatic rings. The van der Waals surface area contributed by atoms with Crippen LogP contribution in [0.2, 0.25) is 15.1 Å². The third-order valence-corrected chi connectivity index (χ3v) is 5.19. The summed E-state index contributed by atoms with van der Waals surface area (Å²) in [5.74, 6) is -1.46. The highest BCUT2D eigenvalue weighted by molar-refractivity contribution is 6.39. The van der Waals surface area contributed by atoms with E-state index < -0.39 is 23.8 Å². The number of benzene rings is 2. The lowest BCUT2D eigenvalue weighted by molar-refractivity contribution is -0.135. The standard InChI is InChI=1S/C21H22Cl3N3O3/c1-12(2)18(26-20(29)13-7-9-14(22)10-8-13)21(30)27(3)11-17(28)25-19-15(23)5-4-6-16(19)24/h4-10,12,18H,11H2,1-3H3,(H,25,28)(H,26,29). The topological polar surface area (TPSA) is 78.5 Å². The minimum Gasteiger partial charge on any atom is -0.340 e. The van der Waals surface area contributed by atoms with E-state index in [0.717, 1.165) is 0 Å². The van der Waals surface area contributed by atoms with Crippen LogP contribution in [-0.2, 0) is 9.59 Å². The van der Waals surface area contributed by atoms with Gasteiger partial charge in [-0.3, -0.25) is 14.4 Å². The molecule has 2 aromatic rings. The third kappa shape index (κ3) is 6.36. The van der Waals surface area contributed by atoms with E-state index in [1.807, 2.05) is 13.8 Å². The van der Waals surface area contributed by atoms with Crippen molar-refractivity contribution in [3.05, 3.63) is 63.1 Å². The summed E-state index contributed by atoms with van der Waals surface area (Å²) in [7, 11) is 1.49. The summed E-state index contributed by atoms with van der Waals surface area (Å²) in [4.78, 5) is 39.0. The number of para-hydroxylation sites is 1. The van der Waals surface area contributed by atoms with Crippen molar-refractivity contribution in [1.29, 1.82) is 0 Å². The molecule has 1 atom stereocenters.